The van der Waals surface area contributed by atoms with Gasteiger partial charge < -0.3 is 14.8 Å². The molecular weight excluding hydrogens is 460 g/mol. The Morgan fingerprint density at radius 3 is 2.09 bits per heavy atom. The Morgan fingerprint density at radius 1 is 0.879 bits per heavy atom. The fraction of sp³-hybridized carbons (Fsp3) is 0.208. The number of anilines is 2. The first kappa shape index (κ1) is 24.5. The van der Waals surface area contributed by atoms with Crippen molar-refractivity contribution in [3.05, 3.63) is 72.3 Å². The molecule has 0 atom stereocenters. The predicted molar refractivity (Wildman–Crippen MR) is 132 cm³/mol. The van der Waals surface area contributed by atoms with Crippen molar-refractivity contribution in [1.29, 1.82) is 0 Å². The summed E-state index contributed by atoms with van der Waals surface area (Å²) >= 11 is 1.71. The number of nitrogens with one attached hydrogen (secondary N) is 2. The van der Waals surface area contributed by atoms with Gasteiger partial charge in [-0.05, 0) is 66.7 Å². The van der Waals surface area contributed by atoms with E-state index in [0.717, 1.165) is 4.90 Å². The molecule has 0 aliphatic rings. The molecule has 0 aliphatic heterocycles. The van der Waals surface area contributed by atoms with E-state index < -0.39 is 10.0 Å². The normalized spacial score (nSPS) is 11.2. The Hall–Kier alpha value is -3.17. The molecule has 9 heteroatoms. The highest BCUT2D eigenvalue weighted by Gasteiger charge is 2.21. The van der Waals surface area contributed by atoms with E-state index in [1.54, 1.807) is 54.2 Å². The fourth-order valence-corrected chi connectivity index (χ4v) is 5.09. The summed E-state index contributed by atoms with van der Waals surface area (Å²) < 4.78 is 38.9. The zero-order chi connectivity index (χ0) is 24.0. The second-order valence-corrected chi connectivity index (χ2v) is 10.6. The number of sulfonamides is 1. The van der Waals surface area contributed by atoms with Crippen molar-refractivity contribution in [1.82, 2.24) is 0 Å². The van der Waals surface area contributed by atoms with Crippen LogP contribution in [0.2, 0.25) is 0 Å². The smallest absolute Gasteiger partial charge is 0.265 e. The molecule has 0 heterocycles. The van der Waals surface area contributed by atoms with Crippen LogP contribution in [0.25, 0.3) is 0 Å². The van der Waals surface area contributed by atoms with E-state index in [1.165, 1.54) is 26.4 Å². The number of amides is 1. The van der Waals surface area contributed by atoms with Crippen LogP contribution in [0.1, 0.15) is 24.2 Å². The Bertz CT molecular complexity index is 1210. The third-order valence-corrected chi connectivity index (χ3v) is 6.96. The number of carbonyl (C=O) groups excluding carboxylic acids is 1. The van der Waals surface area contributed by atoms with Crippen molar-refractivity contribution in [2.24, 2.45) is 0 Å². The van der Waals surface area contributed by atoms with Gasteiger partial charge in [-0.15, -0.1) is 11.8 Å². The second kappa shape index (κ2) is 10.6. The van der Waals surface area contributed by atoms with Gasteiger partial charge in [0.05, 0.1) is 14.2 Å². The molecule has 0 radical (unpaired) electrons. The maximum atomic E-state index is 13.0. The van der Waals surface area contributed by atoms with Gasteiger partial charge in [0, 0.05) is 27.1 Å². The molecule has 0 fully saturated rings. The standard InChI is InChI=1S/C24H26N2O5S2/c1-16(2)32-21-12-5-17(6-13-21)24(27)25-19-9-14-22(31-4)23(15-19)33(28,29)26-18-7-10-20(30-3)11-8-18/h5-16,26H,1-4H3,(H,25,27). The summed E-state index contributed by atoms with van der Waals surface area (Å²) in [6, 6.07) is 18.2. The van der Waals surface area contributed by atoms with Crippen LogP contribution in [0.5, 0.6) is 11.5 Å². The van der Waals surface area contributed by atoms with Gasteiger partial charge >= 0.3 is 0 Å². The molecule has 0 spiro atoms. The van der Waals surface area contributed by atoms with Gasteiger partial charge in [-0.3, -0.25) is 9.52 Å². The van der Waals surface area contributed by atoms with E-state index in [-0.39, 0.29) is 16.6 Å². The topological polar surface area (TPSA) is 93.7 Å². The lowest BCUT2D eigenvalue weighted by molar-refractivity contribution is 0.102. The summed E-state index contributed by atoms with van der Waals surface area (Å²) in [5.74, 6) is 0.424. The third kappa shape index (κ3) is 6.43. The molecule has 0 saturated heterocycles. The number of hydrogen-bond acceptors (Lipinski definition) is 6. The Labute approximate surface area is 198 Å². The highest BCUT2D eigenvalue weighted by molar-refractivity contribution is 7.99. The van der Waals surface area contributed by atoms with E-state index in [0.29, 0.717) is 27.9 Å². The number of benzene rings is 3. The molecule has 174 valence electrons. The molecule has 3 rings (SSSR count). The van der Waals surface area contributed by atoms with Gasteiger partial charge in [0.25, 0.3) is 15.9 Å². The summed E-state index contributed by atoms with van der Waals surface area (Å²) in [5, 5.41) is 3.19. The number of carbonyl (C=O) groups is 1. The molecule has 0 saturated carbocycles. The predicted octanol–water partition coefficient (Wildman–Crippen LogP) is 5.26. The Kier molecular flexibility index (Phi) is 7.88. The summed E-state index contributed by atoms with van der Waals surface area (Å²) in [5.41, 5.74) is 1.17. The highest BCUT2D eigenvalue weighted by atomic mass is 32.2. The van der Waals surface area contributed by atoms with Gasteiger partial charge in [0.1, 0.15) is 16.4 Å². The zero-order valence-corrected chi connectivity index (χ0v) is 20.4. The SMILES string of the molecule is COc1ccc(NS(=O)(=O)c2cc(NC(=O)c3ccc(SC(C)C)cc3)ccc2OC)cc1. The van der Waals surface area contributed by atoms with Crippen LogP contribution >= 0.6 is 11.8 Å². The lowest BCUT2D eigenvalue weighted by Crippen LogP contribution is -2.16. The minimum Gasteiger partial charge on any atom is -0.497 e. The number of hydrogen-bond donors (Lipinski definition) is 2. The molecule has 0 aliphatic carbocycles. The van der Waals surface area contributed by atoms with Crippen molar-refractivity contribution in [2.45, 2.75) is 28.9 Å². The van der Waals surface area contributed by atoms with Crippen LogP contribution in [0.15, 0.2) is 76.5 Å². The molecule has 0 bridgehead atoms. The van der Waals surface area contributed by atoms with Crippen molar-refractivity contribution < 1.29 is 22.7 Å². The van der Waals surface area contributed by atoms with Crippen molar-refractivity contribution >= 4 is 39.1 Å². The Balaban J connectivity index is 1.81. The van der Waals surface area contributed by atoms with Gasteiger partial charge in [-0.25, -0.2) is 8.42 Å². The average Bonchev–Trinajstić information content (AvgIpc) is 2.79. The molecule has 3 aromatic rings. The van der Waals surface area contributed by atoms with Crippen LogP contribution in [0.4, 0.5) is 11.4 Å². The quantitative estimate of drug-likeness (QED) is 0.401. The van der Waals surface area contributed by atoms with E-state index >= 15 is 0 Å². The number of ether oxygens (including phenoxy) is 2. The minimum absolute atomic E-state index is 0.0951. The highest BCUT2D eigenvalue weighted by Crippen LogP contribution is 2.30. The zero-order valence-electron chi connectivity index (χ0n) is 18.8. The lowest BCUT2D eigenvalue weighted by atomic mass is 10.2. The van der Waals surface area contributed by atoms with Gasteiger partial charge in [-0.2, -0.15) is 0 Å². The molecule has 3 aromatic carbocycles. The molecule has 33 heavy (non-hydrogen) atoms. The summed E-state index contributed by atoms with van der Waals surface area (Å²) in [6.07, 6.45) is 0. The largest absolute Gasteiger partial charge is 0.497 e. The maximum Gasteiger partial charge on any atom is 0.265 e. The first-order chi connectivity index (χ1) is 15.7. The molecule has 1 amide bonds. The van der Waals surface area contributed by atoms with Gasteiger partial charge in [0.2, 0.25) is 0 Å². The minimum atomic E-state index is -3.99. The first-order valence-corrected chi connectivity index (χ1v) is 12.5. The van der Waals surface area contributed by atoms with E-state index in [1.807, 2.05) is 12.1 Å². The number of methoxy groups -OCH3 is 2. The summed E-state index contributed by atoms with van der Waals surface area (Å²) in [4.78, 5) is 13.7. The van der Waals surface area contributed by atoms with Crippen LogP contribution in [-0.4, -0.2) is 33.8 Å². The van der Waals surface area contributed by atoms with Gasteiger partial charge in [-0.1, -0.05) is 13.8 Å². The average molecular weight is 487 g/mol. The molecular formula is C24H26N2O5S2. The van der Waals surface area contributed by atoms with E-state index in [2.05, 4.69) is 23.9 Å². The fourth-order valence-electron chi connectivity index (χ4n) is 2.99. The van der Waals surface area contributed by atoms with Crippen LogP contribution in [0.3, 0.4) is 0 Å². The van der Waals surface area contributed by atoms with Crippen molar-refractivity contribution in [3.8, 4) is 11.5 Å². The second-order valence-electron chi connectivity index (χ2n) is 7.34. The van der Waals surface area contributed by atoms with Crippen molar-refractivity contribution in [3.63, 3.8) is 0 Å². The Morgan fingerprint density at radius 2 is 1.52 bits per heavy atom. The maximum absolute atomic E-state index is 13.0. The lowest BCUT2D eigenvalue weighted by Gasteiger charge is -2.14. The first-order valence-electron chi connectivity index (χ1n) is 10.1. The third-order valence-electron chi connectivity index (χ3n) is 4.54. The van der Waals surface area contributed by atoms with Crippen LogP contribution in [0, 0.1) is 0 Å². The molecule has 0 aromatic heterocycles. The summed E-state index contributed by atoms with van der Waals surface area (Å²) in [6.45, 7) is 4.20. The number of rotatable bonds is 9. The van der Waals surface area contributed by atoms with E-state index in [4.69, 9.17) is 9.47 Å². The van der Waals surface area contributed by atoms with Crippen LogP contribution in [-0.2, 0) is 10.0 Å². The van der Waals surface area contributed by atoms with Crippen molar-refractivity contribution in [2.75, 3.05) is 24.3 Å². The van der Waals surface area contributed by atoms with Gasteiger partial charge in [0.15, 0.2) is 0 Å². The number of thioether (sulfide) groups is 1. The molecule has 7 nitrogen and oxygen atoms in total. The molecule has 0 unspecified atom stereocenters. The van der Waals surface area contributed by atoms with E-state index in [9.17, 15) is 13.2 Å². The molecule has 2 N–H and O–H groups in total. The summed E-state index contributed by atoms with van der Waals surface area (Å²) in [7, 11) is -1.07. The monoisotopic (exact) mass is 486 g/mol. The van der Waals surface area contributed by atoms with Crippen LogP contribution < -0.4 is 19.5 Å².